The first-order valence-electron chi connectivity index (χ1n) is 32.8. The van der Waals surface area contributed by atoms with Gasteiger partial charge in [-0.25, -0.2) is 9.59 Å². The highest BCUT2D eigenvalue weighted by Crippen LogP contribution is 2.49. The summed E-state index contributed by atoms with van der Waals surface area (Å²) in [5, 5.41) is 36.6. The molecule has 9 N–H and O–H groups in total. The van der Waals surface area contributed by atoms with E-state index in [1.807, 2.05) is 0 Å². The maximum Gasteiger partial charge on any atom is 0.407 e. The summed E-state index contributed by atoms with van der Waals surface area (Å²) in [7, 11) is 1.57. The molecule has 8 heterocycles. The van der Waals surface area contributed by atoms with Crippen LogP contribution in [0.4, 0.5) is 15.3 Å². The average Bonchev–Trinajstić information content (AvgIpc) is 1.55. The Bertz CT molecular complexity index is 2710. The average molecular weight is 1260 g/mol. The number of nitrogens with two attached hydrogens (primary N) is 1. The molecule has 8 saturated heterocycles. The maximum atomic E-state index is 14.5. The molecule has 24 heteroatoms. The summed E-state index contributed by atoms with van der Waals surface area (Å²) < 4.78 is 59.0. The molecule has 8 aliphatic rings. The molecule has 1 spiro atoms. The number of benzene rings is 1. The van der Waals surface area contributed by atoms with Gasteiger partial charge in [-0.1, -0.05) is 59.9 Å². The summed E-state index contributed by atoms with van der Waals surface area (Å²) in [6.07, 6.45) is -0.378. The second-order valence-electron chi connectivity index (χ2n) is 27.0. The highest BCUT2D eigenvalue weighted by molar-refractivity contribution is 5.98. The van der Waals surface area contributed by atoms with E-state index in [9.17, 15) is 43.8 Å². The van der Waals surface area contributed by atoms with Gasteiger partial charge in [-0.15, -0.1) is 0 Å². The minimum atomic E-state index is -1.11. The largest absolute Gasteiger partial charge is 0.445 e. The van der Waals surface area contributed by atoms with Crippen molar-refractivity contribution >= 4 is 47.1 Å². The molecule has 500 valence electrons. The second kappa shape index (κ2) is 31.0. The number of Topliss-reactive ketones (excluding diaryl/α,β-unsaturated/α-hetero) is 2. The van der Waals surface area contributed by atoms with Crippen LogP contribution in [0.1, 0.15) is 156 Å². The number of aliphatic hydroxyl groups is 2. The fourth-order valence-electron chi connectivity index (χ4n) is 14.5. The molecule has 0 saturated carbocycles. The summed E-state index contributed by atoms with van der Waals surface area (Å²) >= 11 is 0. The van der Waals surface area contributed by atoms with Crippen molar-refractivity contribution in [2.24, 2.45) is 29.4 Å². The number of ether oxygens (including phenoxy) is 9. The number of alkyl carbamates (subject to hydrolysis) is 1. The number of rotatable bonds is 21. The predicted molar refractivity (Wildman–Crippen MR) is 327 cm³/mol. The van der Waals surface area contributed by atoms with Crippen LogP contribution < -0.4 is 32.3 Å². The van der Waals surface area contributed by atoms with Gasteiger partial charge in [0, 0.05) is 89.1 Å². The van der Waals surface area contributed by atoms with E-state index in [0.29, 0.717) is 56.2 Å². The Labute approximate surface area is 528 Å². The monoisotopic (exact) mass is 1260 g/mol. The maximum absolute atomic E-state index is 14.5. The molecule has 10 bridgehead atoms. The number of anilines is 1. The van der Waals surface area contributed by atoms with Crippen molar-refractivity contribution in [3.05, 3.63) is 54.1 Å². The third-order valence-electron chi connectivity index (χ3n) is 19.6. The molecule has 1 aromatic rings. The molecule has 1 unspecified atom stereocenters. The molecule has 6 amide bonds. The molecular formula is C66H98N6O18. The lowest BCUT2D eigenvalue weighted by Crippen LogP contribution is -2.63. The highest BCUT2D eigenvalue weighted by Gasteiger charge is 2.61. The Morgan fingerprint density at radius 2 is 1.50 bits per heavy atom. The Balaban J connectivity index is 0.801. The van der Waals surface area contributed by atoms with E-state index in [1.165, 1.54) is 0 Å². The van der Waals surface area contributed by atoms with Gasteiger partial charge in [0.05, 0.1) is 67.1 Å². The number of hydrogen-bond acceptors (Lipinski definition) is 18. The molecule has 24 nitrogen and oxygen atoms in total. The van der Waals surface area contributed by atoms with Crippen molar-refractivity contribution in [2.75, 3.05) is 25.5 Å². The van der Waals surface area contributed by atoms with E-state index in [0.717, 1.165) is 36.8 Å². The van der Waals surface area contributed by atoms with Gasteiger partial charge in [0.15, 0.2) is 5.79 Å². The van der Waals surface area contributed by atoms with Crippen molar-refractivity contribution in [1.29, 1.82) is 0 Å². The van der Waals surface area contributed by atoms with Crippen LogP contribution in [0.3, 0.4) is 0 Å². The fourth-order valence-corrected chi connectivity index (χ4v) is 14.5. The number of nitrogens with one attached hydrogen (secondary N) is 5. The summed E-state index contributed by atoms with van der Waals surface area (Å²) in [6.45, 7) is 17.9. The molecule has 0 aromatic heterocycles. The van der Waals surface area contributed by atoms with Crippen LogP contribution in [-0.4, -0.2) is 181 Å². The number of fused-ring (bicyclic) bond motifs is 9. The van der Waals surface area contributed by atoms with E-state index >= 15 is 0 Å². The van der Waals surface area contributed by atoms with Crippen LogP contribution >= 0.6 is 0 Å². The van der Waals surface area contributed by atoms with Gasteiger partial charge in [0.1, 0.15) is 54.7 Å². The number of urea groups is 1. The Morgan fingerprint density at radius 3 is 2.23 bits per heavy atom. The van der Waals surface area contributed by atoms with Crippen molar-refractivity contribution < 1.29 is 86.4 Å². The normalized spacial score (nSPS) is 34.4. The van der Waals surface area contributed by atoms with Crippen molar-refractivity contribution in [3.63, 3.8) is 0 Å². The van der Waals surface area contributed by atoms with E-state index < -0.39 is 109 Å². The van der Waals surface area contributed by atoms with Crippen LogP contribution in [0.5, 0.6) is 0 Å². The summed E-state index contributed by atoms with van der Waals surface area (Å²) in [5.41, 5.74) is 8.18. The van der Waals surface area contributed by atoms with E-state index in [1.54, 1.807) is 59.1 Å². The molecule has 1 aromatic carbocycles. The number of carbonyl (C=O) groups is 7. The smallest absolute Gasteiger partial charge is 0.407 e. The Hall–Kier alpha value is -5.41. The Morgan fingerprint density at radius 1 is 0.767 bits per heavy atom. The highest BCUT2D eigenvalue weighted by atomic mass is 16.7. The van der Waals surface area contributed by atoms with Gasteiger partial charge in [0.25, 0.3) is 0 Å². The molecule has 0 radical (unpaired) electrons. The third kappa shape index (κ3) is 17.6. The first kappa shape index (κ1) is 68.9. The summed E-state index contributed by atoms with van der Waals surface area (Å²) in [5.74, 6) is -3.56. The minimum Gasteiger partial charge on any atom is -0.445 e. The second-order valence-corrected chi connectivity index (χ2v) is 27.0. The first-order chi connectivity index (χ1) is 42.9. The standard InChI is InChI=1S/C66H98N6O18/c1-34(2)48(75)17-20-55(76)72-56(35(3)4)63(79)71-47(10-9-25-68-64(67)80)62(78)70-40-13-11-39(12-14-40)33-83-65(81)69-32-42(74)30-54-58(82-8)46-29-41(73)28-44-16-19-50-60(86-44)61-57(77)59(88-50)51-22-24-66(89-51,90-61)23-21-45-27-37(6)49(84-45)18-15-43-26-36(5)38(7)52(85-43)31-53(46)87-54/h11-14,34-36,42-47,49-54,56-61,74,77H,6-7,9-10,15-33H2,1-5,8H3,(H,69,81)(H,70,78)(H,71,79)(H,72,76)(H3,67,68,80)/t36-,42+,43+,44-,45+,46+,47+,49+,50+,51+,52-,53+,54-,56+,57?,58-,59+,60+,61-,66+/m1/s1. The van der Waals surface area contributed by atoms with Crippen LogP contribution in [0, 0.1) is 23.7 Å². The van der Waals surface area contributed by atoms with Gasteiger partial charge in [-0.3, -0.25) is 24.0 Å². The van der Waals surface area contributed by atoms with Gasteiger partial charge < -0.3 is 85.2 Å². The molecule has 20 atom stereocenters. The van der Waals surface area contributed by atoms with Crippen LogP contribution in [0.15, 0.2) is 48.6 Å². The number of methoxy groups -OCH3 is 1. The van der Waals surface area contributed by atoms with Crippen LogP contribution in [0.25, 0.3) is 0 Å². The van der Waals surface area contributed by atoms with Gasteiger partial charge in [-0.2, -0.15) is 0 Å². The third-order valence-corrected chi connectivity index (χ3v) is 19.6. The quantitative estimate of drug-likeness (QED) is 0.0564. The predicted octanol–water partition coefficient (Wildman–Crippen LogP) is 5.41. The van der Waals surface area contributed by atoms with E-state index in [2.05, 4.69) is 46.7 Å². The summed E-state index contributed by atoms with van der Waals surface area (Å²) in [6, 6.07) is 3.65. The van der Waals surface area contributed by atoms with E-state index in [4.69, 9.17) is 48.4 Å². The number of carbonyl (C=O) groups excluding carboxylic acids is 7. The van der Waals surface area contributed by atoms with Crippen LogP contribution in [-0.2, 0) is 73.2 Å². The van der Waals surface area contributed by atoms with E-state index in [-0.39, 0.29) is 131 Å². The number of amides is 6. The molecular weight excluding hydrogens is 1160 g/mol. The number of primary amides is 1. The number of aliphatic hydroxyl groups excluding tert-OH is 2. The van der Waals surface area contributed by atoms with Gasteiger partial charge in [0.2, 0.25) is 17.7 Å². The SMILES string of the molecule is C=C1C[C@@H]2CC[C@]34CC[C@H](O3)[C@@H]3O[C@H]5CC[C@H](CC(=O)C[C@@H]6[C@@H](OC)[C@@H](C[C@H](O)CNC(=O)OCc7ccc(NC(=O)[C@H](CCCNC(N)=O)NC(=O)[C@@H](NC(=O)CCC(=O)C(C)C)C(C)C)cc7)O[C@H]6C[C@H]6O[C@@H](CC[C@@H]1O2)C[C@@H](C)C6=C)O[C@@H]5[C@H](O4)C3O. The first-order valence-corrected chi connectivity index (χ1v) is 32.8. The van der Waals surface area contributed by atoms with Crippen molar-refractivity contribution in [3.8, 4) is 0 Å². The minimum absolute atomic E-state index is 0.0323. The molecule has 8 fully saturated rings. The van der Waals surface area contributed by atoms with Crippen molar-refractivity contribution in [2.45, 2.75) is 266 Å². The Kier molecular flexibility index (Phi) is 23.8. The lowest BCUT2D eigenvalue weighted by atomic mass is 9.81. The zero-order valence-electron chi connectivity index (χ0n) is 53.2. The fraction of sp³-hybridized carbons (Fsp3) is 0.742. The molecule has 0 aliphatic carbocycles. The zero-order valence-corrected chi connectivity index (χ0v) is 53.2. The number of hydrogen-bond donors (Lipinski definition) is 8. The van der Waals surface area contributed by atoms with Crippen molar-refractivity contribution in [1.82, 2.24) is 21.3 Å². The lowest BCUT2D eigenvalue weighted by molar-refractivity contribution is -0.299. The topological polar surface area (TPSA) is 329 Å². The van der Waals surface area contributed by atoms with Crippen LogP contribution in [0.2, 0.25) is 0 Å². The van der Waals surface area contributed by atoms with Gasteiger partial charge >= 0.3 is 12.1 Å². The van der Waals surface area contributed by atoms with Gasteiger partial charge in [-0.05, 0) is 105 Å². The molecule has 9 rings (SSSR count). The number of ketones is 2. The molecule has 8 aliphatic heterocycles. The lowest BCUT2D eigenvalue weighted by Gasteiger charge is -2.49. The zero-order chi connectivity index (χ0) is 64.6. The summed E-state index contributed by atoms with van der Waals surface area (Å²) in [4.78, 5) is 91.1. The molecule has 90 heavy (non-hydrogen) atoms.